The van der Waals surface area contributed by atoms with E-state index in [4.69, 9.17) is 11.5 Å². The van der Waals surface area contributed by atoms with Crippen molar-refractivity contribution in [2.45, 2.75) is 101 Å². The number of aryl methyl sites for hydroxylation is 2. The Balaban J connectivity index is 0.000000175. The number of aromatic nitrogens is 6. The molecular weight excluding hydrogens is 1110 g/mol. The second-order valence-electron chi connectivity index (χ2n) is 22.0. The standard InChI is InChI=1S/2C31H25F5N4O2/c2*1-15-27-23-13-25(23)31(35,36)29(27)40(39-15)14-21(41)10-18(7-16-8-19(32)12-20(33)9-16)28-22(3-2-6-38-28)17-4-5-26(34)24(11-17)30(37)42/h2*2-6,8-9,11-12,18,23,25H,7,10,13-14H2,1H3,(H2,37,42)/t2*18-,23?,25?/m11/s1. The third-order valence-electron chi connectivity index (χ3n) is 16.2. The van der Waals surface area contributed by atoms with Crippen molar-refractivity contribution in [3.05, 3.63) is 212 Å². The lowest BCUT2D eigenvalue weighted by molar-refractivity contribution is -0.121. The number of pyridine rings is 2. The molecule has 2 amide bonds. The van der Waals surface area contributed by atoms with E-state index in [1.54, 1.807) is 38.1 Å². The molecule has 4 aliphatic carbocycles. The molecule has 2 fully saturated rings. The number of nitrogens with zero attached hydrogens (tertiary/aromatic N) is 6. The zero-order valence-electron chi connectivity index (χ0n) is 44.8. The van der Waals surface area contributed by atoms with Gasteiger partial charge >= 0.3 is 0 Å². The zero-order valence-corrected chi connectivity index (χ0v) is 44.8. The maximum atomic E-state index is 15.0. The normalized spacial score (nSPS) is 18.8. The summed E-state index contributed by atoms with van der Waals surface area (Å²) in [5.74, 6) is -17.4. The van der Waals surface area contributed by atoms with Crippen molar-refractivity contribution in [3.63, 3.8) is 0 Å². The van der Waals surface area contributed by atoms with Gasteiger partial charge in [-0.25, -0.2) is 26.3 Å². The molecule has 4 heterocycles. The highest BCUT2D eigenvalue weighted by atomic mass is 19.3. The average molecular weight is 1160 g/mol. The second kappa shape index (κ2) is 21.7. The van der Waals surface area contributed by atoms with Crippen LogP contribution in [0.2, 0.25) is 0 Å². The number of alkyl halides is 4. The van der Waals surface area contributed by atoms with Crippen LogP contribution in [-0.4, -0.2) is 52.9 Å². The van der Waals surface area contributed by atoms with E-state index in [0.29, 0.717) is 69.0 Å². The fourth-order valence-electron chi connectivity index (χ4n) is 12.5. The Hall–Kier alpha value is -8.82. The first-order chi connectivity index (χ1) is 39.9. The molecule has 4 N–H and O–H groups in total. The number of Topliss-reactive ketones (excluding diaryl/α,β-unsaturated/α-hetero) is 2. The largest absolute Gasteiger partial charge is 0.366 e. The number of carbonyl (C=O) groups excluding carboxylic acids is 4. The first-order valence-corrected chi connectivity index (χ1v) is 26.8. The van der Waals surface area contributed by atoms with Gasteiger partial charge in [-0.1, -0.05) is 24.3 Å². The van der Waals surface area contributed by atoms with Crippen LogP contribution in [0.5, 0.6) is 0 Å². The van der Waals surface area contributed by atoms with Crippen LogP contribution in [0.15, 0.2) is 109 Å². The first kappa shape index (κ1) is 57.0. The average Bonchev–Trinajstić information content (AvgIpc) is 1.58. The molecule has 12 nitrogen and oxygen atoms in total. The number of hydrogen-bond donors (Lipinski definition) is 2. The molecule has 0 radical (unpaired) electrons. The lowest BCUT2D eigenvalue weighted by Crippen LogP contribution is -2.24. The van der Waals surface area contributed by atoms with Crippen molar-refractivity contribution in [2.75, 3.05) is 0 Å². The lowest BCUT2D eigenvalue weighted by atomic mass is 9.86. The van der Waals surface area contributed by atoms with Gasteiger partial charge < -0.3 is 11.5 Å². The fourth-order valence-corrected chi connectivity index (χ4v) is 12.5. The fraction of sp³-hybridized carbons (Fsp3) is 0.290. The van der Waals surface area contributed by atoms with Gasteiger partial charge in [0, 0.05) is 83.3 Å². The quantitative estimate of drug-likeness (QED) is 0.0796. The van der Waals surface area contributed by atoms with Crippen LogP contribution in [0.3, 0.4) is 0 Å². The van der Waals surface area contributed by atoms with E-state index in [2.05, 4.69) is 20.2 Å². The van der Waals surface area contributed by atoms with Gasteiger partial charge in [-0.2, -0.15) is 27.8 Å². The van der Waals surface area contributed by atoms with E-state index in [1.165, 1.54) is 36.7 Å². The van der Waals surface area contributed by atoms with Crippen LogP contribution in [0.1, 0.15) is 126 Å². The minimum Gasteiger partial charge on any atom is -0.366 e. The molecule has 0 saturated heterocycles. The van der Waals surface area contributed by atoms with Crippen LogP contribution >= 0.6 is 0 Å². The Kier molecular flexibility index (Phi) is 14.8. The van der Waals surface area contributed by atoms with E-state index in [-0.39, 0.29) is 71.2 Å². The summed E-state index contributed by atoms with van der Waals surface area (Å²) >= 11 is 0. The highest BCUT2D eigenvalue weighted by molar-refractivity contribution is 5.95. The minimum absolute atomic E-state index is 0.0230. The number of rotatable bonds is 18. The van der Waals surface area contributed by atoms with Crippen molar-refractivity contribution in [1.29, 1.82) is 0 Å². The van der Waals surface area contributed by atoms with E-state index in [9.17, 15) is 45.5 Å². The second-order valence-corrected chi connectivity index (χ2v) is 22.0. The summed E-state index contributed by atoms with van der Waals surface area (Å²) in [5.41, 5.74) is 14.3. The van der Waals surface area contributed by atoms with Crippen LogP contribution in [0, 0.1) is 60.6 Å². The van der Waals surface area contributed by atoms with Gasteiger partial charge in [0.2, 0.25) is 0 Å². The number of halogens is 10. The molecule has 4 aliphatic rings. The maximum absolute atomic E-state index is 15.0. The summed E-state index contributed by atoms with van der Waals surface area (Å²) in [6.45, 7) is 2.48. The molecule has 4 aromatic heterocycles. The number of primary amides is 2. The molecule has 6 atom stereocenters. The molecular formula is C62H50F10N8O4. The van der Waals surface area contributed by atoms with E-state index < -0.39 is 107 Å². The Bertz CT molecular complexity index is 3720. The van der Waals surface area contributed by atoms with Crippen LogP contribution < -0.4 is 11.5 Å². The molecule has 2 saturated carbocycles. The van der Waals surface area contributed by atoms with Crippen molar-refractivity contribution in [1.82, 2.24) is 29.5 Å². The van der Waals surface area contributed by atoms with Crippen molar-refractivity contribution < 1.29 is 63.1 Å². The van der Waals surface area contributed by atoms with Crippen LogP contribution in [-0.2, 0) is 47.4 Å². The summed E-state index contributed by atoms with van der Waals surface area (Å²) in [4.78, 5) is 59.5. The molecule has 432 valence electrons. The summed E-state index contributed by atoms with van der Waals surface area (Å²) < 4.78 is 147. The van der Waals surface area contributed by atoms with Gasteiger partial charge in [0.25, 0.3) is 23.7 Å². The topological polar surface area (TPSA) is 182 Å². The first-order valence-electron chi connectivity index (χ1n) is 26.8. The van der Waals surface area contributed by atoms with Gasteiger partial charge in [-0.3, -0.25) is 38.5 Å². The molecule has 22 heteroatoms. The number of benzene rings is 4. The number of hydrogen-bond acceptors (Lipinski definition) is 8. The third-order valence-corrected chi connectivity index (χ3v) is 16.2. The highest BCUT2D eigenvalue weighted by Crippen LogP contribution is 2.68. The van der Waals surface area contributed by atoms with Crippen LogP contribution in [0.25, 0.3) is 22.3 Å². The van der Waals surface area contributed by atoms with E-state index in [1.807, 2.05) is 0 Å². The number of fused-ring (bicyclic) bond motifs is 6. The van der Waals surface area contributed by atoms with Crippen molar-refractivity contribution in [3.8, 4) is 22.3 Å². The van der Waals surface area contributed by atoms with Gasteiger partial charge in [0.05, 0.1) is 33.9 Å². The lowest BCUT2D eigenvalue weighted by Gasteiger charge is -2.21. The maximum Gasteiger partial charge on any atom is 0.293 e. The Morgan fingerprint density at radius 1 is 0.548 bits per heavy atom. The molecule has 4 unspecified atom stereocenters. The predicted octanol–water partition coefficient (Wildman–Crippen LogP) is 11.9. The summed E-state index contributed by atoms with van der Waals surface area (Å²) in [6.07, 6.45) is 3.24. The minimum atomic E-state index is -3.07. The highest BCUT2D eigenvalue weighted by Gasteiger charge is 2.67. The Labute approximate surface area is 472 Å². The van der Waals surface area contributed by atoms with Gasteiger partial charge in [0.15, 0.2) is 11.6 Å². The summed E-state index contributed by atoms with van der Waals surface area (Å²) in [5, 5.41) is 8.51. The predicted molar refractivity (Wildman–Crippen MR) is 285 cm³/mol. The summed E-state index contributed by atoms with van der Waals surface area (Å²) in [7, 11) is 0. The van der Waals surface area contributed by atoms with Gasteiger partial charge in [-0.05, 0) is 134 Å². The monoisotopic (exact) mass is 1160 g/mol. The Morgan fingerprint density at radius 2 is 0.917 bits per heavy atom. The molecule has 8 aromatic rings. The summed E-state index contributed by atoms with van der Waals surface area (Å²) in [6, 6.07) is 20.1. The van der Waals surface area contributed by atoms with Crippen molar-refractivity contribution >= 4 is 23.4 Å². The van der Waals surface area contributed by atoms with Crippen LogP contribution in [0.4, 0.5) is 43.9 Å². The number of amides is 2. The molecule has 0 bridgehead atoms. The number of carbonyl (C=O) groups is 4. The zero-order chi connectivity index (χ0) is 59.8. The van der Waals surface area contributed by atoms with Crippen molar-refractivity contribution in [2.24, 2.45) is 23.3 Å². The van der Waals surface area contributed by atoms with E-state index >= 15 is 17.6 Å². The SMILES string of the molecule is Cc1nn(CC(=O)C[C@@H](Cc2cc(F)cc(F)c2)c2ncccc2-c2ccc(F)c(C(N)=O)c2)c2c1C1CC1C2(F)F.Cc1nn(CC(=O)C[C@@H](Cc2cc(F)cc(F)c2)c2ncccc2-c2ccc(F)c(C(N)=O)c2)c2c1C1CC1C2(F)F. The van der Waals surface area contributed by atoms with Gasteiger partial charge in [0.1, 0.15) is 59.4 Å². The molecule has 12 rings (SSSR count). The Morgan fingerprint density at radius 3 is 1.27 bits per heavy atom. The number of nitrogens with two attached hydrogens (primary N) is 2. The molecule has 0 spiro atoms. The van der Waals surface area contributed by atoms with E-state index in [0.717, 1.165) is 57.9 Å². The number of ketones is 2. The smallest absolute Gasteiger partial charge is 0.293 e. The third kappa shape index (κ3) is 10.9. The molecule has 84 heavy (non-hydrogen) atoms. The molecule has 0 aliphatic heterocycles. The van der Waals surface area contributed by atoms with Gasteiger partial charge in [-0.15, -0.1) is 0 Å². The molecule has 4 aromatic carbocycles.